The van der Waals surface area contributed by atoms with Crippen LogP contribution < -0.4 is 10.2 Å². The highest BCUT2D eigenvalue weighted by Gasteiger charge is 2.25. The van der Waals surface area contributed by atoms with E-state index in [-0.39, 0.29) is 11.8 Å². The van der Waals surface area contributed by atoms with Crippen LogP contribution in [0, 0.1) is 13.8 Å². The third-order valence-electron chi connectivity index (χ3n) is 6.17. The Labute approximate surface area is 182 Å². The number of hydrogen-bond donors (Lipinski definition) is 1. The maximum Gasteiger partial charge on any atom is 0.234 e. The van der Waals surface area contributed by atoms with Gasteiger partial charge in [0.2, 0.25) is 11.8 Å². The van der Waals surface area contributed by atoms with E-state index in [1.807, 2.05) is 31.2 Å². The average molecular weight is 427 g/mol. The van der Waals surface area contributed by atoms with Gasteiger partial charge in [-0.3, -0.25) is 9.59 Å². The summed E-state index contributed by atoms with van der Waals surface area (Å²) in [7, 11) is 0. The SMILES string of the molecule is Cc1nc(SCC(=O)Nc2ccccc2N2CCCC2=O)n(C2CCCCC2)c1C. The Kier molecular flexibility index (Phi) is 6.46. The Morgan fingerprint density at radius 2 is 1.93 bits per heavy atom. The van der Waals surface area contributed by atoms with E-state index in [9.17, 15) is 9.59 Å². The molecular formula is C23H30N4O2S. The van der Waals surface area contributed by atoms with E-state index in [1.165, 1.54) is 49.6 Å². The molecule has 2 amide bonds. The van der Waals surface area contributed by atoms with Crippen LogP contribution in [-0.4, -0.2) is 33.7 Å². The van der Waals surface area contributed by atoms with Gasteiger partial charge in [0.1, 0.15) is 0 Å². The van der Waals surface area contributed by atoms with Crippen LogP contribution in [0.2, 0.25) is 0 Å². The lowest BCUT2D eigenvalue weighted by Gasteiger charge is -2.26. The predicted octanol–water partition coefficient (Wildman–Crippen LogP) is 4.86. The zero-order valence-electron chi connectivity index (χ0n) is 17.8. The maximum atomic E-state index is 12.7. The number of aryl methyl sites for hydroxylation is 1. The van der Waals surface area contributed by atoms with Crippen molar-refractivity contribution >= 4 is 35.0 Å². The summed E-state index contributed by atoms with van der Waals surface area (Å²) in [5, 5.41) is 3.95. The first-order valence-electron chi connectivity index (χ1n) is 10.9. The summed E-state index contributed by atoms with van der Waals surface area (Å²) in [4.78, 5) is 31.4. The van der Waals surface area contributed by atoms with Crippen molar-refractivity contribution in [3.05, 3.63) is 35.7 Å². The summed E-state index contributed by atoms with van der Waals surface area (Å²) in [5.41, 5.74) is 3.74. The summed E-state index contributed by atoms with van der Waals surface area (Å²) >= 11 is 1.50. The molecule has 1 aromatic heterocycles. The molecule has 0 unspecified atom stereocenters. The van der Waals surface area contributed by atoms with Gasteiger partial charge in [0.25, 0.3) is 0 Å². The van der Waals surface area contributed by atoms with E-state index < -0.39 is 0 Å². The molecule has 1 aliphatic carbocycles. The standard InChI is InChI=1S/C23H30N4O2S/c1-16-17(2)27(18-9-4-3-5-10-18)23(24-16)30-15-21(28)25-19-11-6-7-12-20(19)26-14-8-13-22(26)29/h6-7,11-12,18H,3-5,8-10,13-15H2,1-2H3,(H,25,28). The van der Waals surface area contributed by atoms with Gasteiger partial charge in [-0.2, -0.15) is 0 Å². The molecule has 1 N–H and O–H groups in total. The fourth-order valence-electron chi connectivity index (χ4n) is 4.50. The van der Waals surface area contributed by atoms with Crippen LogP contribution in [-0.2, 0) is 9.59 Å². The van der Waals surface area contributed by atoms with E-state index in [0.717, 1.165) is 23.0 Å². The van der Waals surface area contributed by atoms with E-state index in [2.05, 4.69) is 16.8 Å². The molecule has 0 radical (unpaired) electrons. The summed E-state index contributed by atoms with van der Waals surface area (Å²) in [6.45, 7) is 4.88. The molecule has 0 bridgehead atoms. The number of carbonyl (C=O) groups excluding carboxylic acids is 2. The number of imidazole rings is 1. The number of nitrogens with zero attached hydrogens (tertiary/aromatic N) is 3. The molecule has 160 valence electrons. The number of amides is 2. The van der Waals surface area contributed by atoms with Gasteiger partial charge in [-0.15, -0.1) is 0 Å². The molecule has 2 fully saturated rings. The number of para-hydroxylation sites is 2. The summed E-state index contributed by atoms with van der Waals surface area (Å²) < 4.78 is 2.35. The molecule has 30 heavy (non-hydrogen) atoms. The van der Waals surface area contributed by atoms with Crippen molar-refractivity contribution in [2.45, 2.75) is 70.0 Å². The molecule has 0 spiro atoms. The second-order valence-corrected chi connectivity index (χ2v) is 9.17. The van der Waals surface area contributed by atoms with Crippen LogP contribution in [0.3, 0.4) is 0 Å². The van der Waals surface area contributed by atoms with Gasteiger partial charge in [-0.05, 0) is 45.2 Å². The Hall–Kier alpha value is -2.28. The molecule has 2 aliphatic rings. The Morgan fingerprint density at radius 1 is 1.17 bits per heavy atom. The molecule has 1 saturated heterocycles. The van der Waals surface area contributed by atoms with Gasteiger partial charge in [-0.25, -0.2) is 4.98 Å². The summed E-state index contributed by atoms with van der Waals surface area (Å²) in [6.07, 6.45) is 7.64. The van der Waals surface area contributed by atoms with E-state index in [4.69, 9.17) is 4.98 Å². The highest BCUT2D eigenvalue weighted by atomic mass is 32.2. The zero-order chi connectivity index (χ0) is 21.1. The molecule has 1 saturated carbocycles. The predicted molar refractivity (Wildman–Crippen MR) is 121 cm³/mol. The summed E-state index contributed by atoms with van der Waals surface area (Å²) in [5.74, 6) is 0.337. The minimum absolute atomic E-state index is 0.0763. The fraction of sp³-hybridized carbons (Fsp3) is 0.522. The van der Waals surface area contributed by atoms with E-state index in [0.29, 0.717) is 30.4 Å². The minimum atomic E-state index is -0.0763. The Balaban J connectivity index is 1.44. The second kappa shape index (κ2) is 9.25. The fourth-order valence-corrected chi connectivity index (χ4v) is 5.46. The monoisotopic (exact) mass is 426 g/mol. The quantitative estimate of drug-likeness (QED) is 0.670. The van der Waals surface area contributed by atoms with Gasteiger partial charge in [-0.1, -0.05) is 43.2 Å². The lowest BCUT2D eigenvalue weighted by molar-refractivity contribution is -0.117. The highest BCUT2D eigenvalue weighted by molar-refractivity contribution is 7.99. The molecule has 0 atom stereocenters. The van der Waals surface area contributed by atoms with Gasteiger partial charge in [0, 0.05) is 24.7 Å². The topological polar surface area (TPSA) is 67.2 Å². The van der Waals surface area contributed by atoms with Crippen LogP contribution in [0.1, 0.15) is 62.4 Å². The van der Waals surface area contributed by atoms with Crippen LogP contribution >= 0.6 is 11.8 Å². The normalized spacial score (nSPS) is 17.5. The first-order valence-corrected chi connectivity index (χ1v) is 11.9. The molecule has 2 aromatic rings. The number of carbonyl (C=O) groups is 2. The zero-order valence-corrected chi connectivity index (χ0v) is 18.6. The van der Waals surface area contributed by atoms with Gasteiger partial charge < -0.3 is 14.8 Å². The van der Waals surface area contributed by atoms with Crippen molar-refractivity contribution in [1.82, 2.24) is 9.55 Å². The number of benzene rings is 1. The molecule has 6 nitrogen and oxygen atoms in total. The molecule has 4 rings (SSSR count). The van der Waals surface area contributed by atoms with Crippen molar-refractivity contribution < 1.29 is 9.59 Å². The number of anilines is 2. The maximum absolute atomic E-state index is 12.7. The highest BCUT2D eigenvalue weighted by Crippen LogP contribution is 2.34. The lowest BCUT2D eigenvalue weighted by Crippen LogP contribution is -2.26. The number of aromatic nitrogens is 2. The van der Waals surface area contributed by atoms with Crippen LogP contribution in [0.4, 0.5) is 11.4 Å². The Morgan fingerprint density at radius 3 is 2.67 bits per heavy atom. The third kappa shape index (κ3) is 4.41. The van der Waals surface area contributed by atoms with Crippen LogP contribution in [0.25, 0.3) is 0 Å². The third-order valence-corrected chi connectivity index (χ3v) is 7.12. The number of hydrogen-bond acceptors (Lipinski definition) is 4. The number of nitrogens with one attached hydrogen (secondary N) is 1. The molecule has 1 aromatic carbocycles. The molecule has 7 heteroatoms. The van der Waals surface area contributed by atoms with Crippen molar-refractivity contribution in [3.63, 3.8) is 0 Å². The van der Waals surface area contributed by atoms with Crippen molar-refractivity contribution in [2.75, 3.05) is 22.5 Å². The second-order valence-electron chi connectivity index (χ2n) is 8.23. The van der Waals surface area contributed by atoms with Gasteiger partial charge in [0.05, 0.1) is 22.8 Å². The van der Waals surface area contributed by atoms with Crippen LogP contribution in [0.5, 0.6) is 0 Å². The number of thioether (sulfide) groups is 1. The van der Waals surface area contributed by atoms with E-state index >= 15 is 0 Å². The largest absolute Gasteiger partial charge is 0.324 e. The van der Waals surface area contributed by atoms with Crippen molar-refractivity contribution in [1.29, 1.82) is 0 Å². The summed E-state index contributed by atoms with van der Waals surface area (Å²) in [6, 6.07) is 8.04. The first-order chi connectivity index (χ1) is 14.5. The van der Waals surface area contributed by atoms with Gasteiger partial charge >= 0.3 is 0 Å². The lowest BCUT2D eigenvalue weighted by atomic mass is 9.95. The smallest absolute Gasteiger partial charge is 0.234 e. The number of rotatable bonds is 6. The van der Waals surface area contributed by atoms with Gasteiger partial charge in [0.15, 0.2) is 5.16 Å². The van der Waals surface area contributed by atoms with Crippen molar-refractivity contribution in [2.24, 2.45) is 0 Å². The van der Waals surface area contributed by atoms with Crippen molar-refractivity contribution in [3.8, 4) is 0 Å². The van der Waals surface area contributed by atoms with Crippen LogP contribution in [0.15, 0.2) is 29.4 Å². The minimum Gasteiger partial charge on any atom is -0.324 e. The van der Waals surface area contributed by atoms with E-state index in [1.54, 1.807) is 4.90 Å². The molecular weight excluding hydrogens is 396 g/mol. The molecule has 1 aliphatic heterocycles. The first kappa shape index (κ1) is 21.0. The molecule has 2 heterocycles. The average Bonchev–Trinajstić information content (AvgIpc) is 3.30. The Bertz CT molecular complexity index is 933.